The van der Waals surface area contributed by atoms with Gasteiger partial charge in [0, 0.05) is 31.1 Å². The summed E-state index contributed by atoms with van der Waals surface area (Å²) < 4.78 is 16.2. The number of rotatable bonds is 5. The Morgan fingerprint density at radius 2 is 1.83 bits per heavy atom. The molecule has 0 spiro atoms. The molecule has 0 saturated heterocycles. The highest BCUT2D eigenvalue weighted by Gasteiger charge is 2.22. The van der Waals surface area contributed by atoms with Crippen molar-refractivity contribution in [2.24, 2.45) is 7.05 Å². The highest BCUT2D eigenvalue weighted by Crippen LogP contribution is 2.24. The minimum atomic E-state index is -0.684. The molecule has 0 fully saturated rings. The highest BCUT2D eigenvalue weighted by atomic mass is 19.1. The zero-order valence-corrected chi connectivity index (χ0v) is 17.2. The number of benzene rings is 2. The molecule has 0 unspecified atom stereocenters. The number of hydrogen-bond donors (Lipinski definition) is 1. The van der Waals surface area contributed by atoms with Gasteiger partial charge in [0.1, 0.15) is 17.7 Å². The van der Waals surface area contributed by atoms with E-state index in [0.29, 0.717) is 11.4 Å². The largest absolute Gasteiger partial charge is 0.338 e. The van der Waals surface area contributed by atoms with E-state index in [1.54, 1.807) is 41.2 Å². The number of aryl methyl sites for hydroxylation is 1. The number of halogens is 1. The molecule has 3 aromatic rings. The summed E-state index contributed by atoms with van der Waals surface area (Å²) in [5.74, 6) is -0.143. The van der Waals surface area contributed by atoms with Crippen LogP contribution in [0.2, 0.25) is 0 Å². The monoisotopic (exact) mass is 391 g/mol. The third-order valence-electron chi connectivity index (χ3n) is 4.82. The number of carbonyl (C=O) groups is 1. The summed E-state index contributed by atoms with van der Waals surface area (Å²) in [7, 11) is 1.81. The molecule has 29 heavy (non-hydrogen) atoms. The van der Waals surface area contributed by atoms with Gasteiger partial charge in [-0.25, -0.2) is 9.37 Å². The first kappa shape index (κ1) is 20.5. The maximum atomic E-state index is 14.4. The van der Waals surface area contributed by atoms with E-state index < -0.39 is 6.04 Å². The van der Waals surface area contributed by atoms with Gasteiger partial charge in [-0.15, -0.1) is 0 Å². The van der Waals surface area contributed by atoms with Crippen LogP contribution >= 0.6 is 0 Å². The predicted molar refractivity (Wildman–Crippen MR) is 114 cm³/mol. The lowest BCUT2D eigenvalue weighted by atomic mass is 9.87. The average molecular weight is 391 g/mol. The van der Waals surface area contributed by atoms with Gasteiger partial charge < -0.3 is 9.88 Å². The van der Waals surface area contributed by atoms with Crippen LogP contribution in [0.15, 0.2) is 67.0 Å². The number of carbonyl (C=O) groups excluding carboxylic acids is 1. The van der Waals surface area contributed by atoms with E-state index in [1.807, 2.05) is 19.2 Å². The van der Waals surface area contributed by atoms with Crippen molar-refractivity contribution >= 4 is 12.0 Å². The topological polar surface area (TPSA) is 46.9 Å². The second kappa shape index (κ2) is 8.43. The standard InChI is InChI=1S/C24H26FN3O/c1-24(2,3)18-12-9-17(10-13-18)11-14-21(29)27-22(23-26-15-16-28(23)4)19-7-5-6-8-20(19)25/h5-16,22H,1-4H3,(H,27,29)/b14-11+/t22-/m1/s1. The van der Waals surface area contributed by atoms with Crippen LogP contribution in [0.25, 0.3) is 6.08 Å². The summed E-state index contributed by atoms with van der Waals surface area (Å²) in [6, 6.07) is 13.8. The van der Waals surface area contributed by atoms with Crippen molar-refractivity contribution in [2.45, 2.75) is 32.2 Å². The number of nitrogens with one attached hydrogen (secondary N) is 1. The fourth-order valence-electron chi connectivity index (χ4n) is 3.10. The Morgan fingerprint density at radius 3 is 2.41 bits per heavy atom. The summed E-state index contributed by atoms with van der Waals surface area (Å²) in [6.45, 7) is 6.48. The first-order valence-electron chi connectivity index (χ1n) is 9.56. The third-order valence-corrected chi connectivity index (χ3v) is 4.82. The van der Waals surface area contributed by atoms with E-state index in [0.717, 1.165) is 5.56 Å². The second-order valence-electron chi connectivity index (χ2n) is 8.06. The van der Waals surface area contributed by atoms with Crippen LogP contribution in [-0.2, 0) is 17.3 Å². The minimum absolute atomic E-state index is 0.0780. The van der Waals surface area contributed by atoms with Gasteiger partial charge in [-0.1, -0.05) is 63.2 Å². The zero-order chi connectivity index (χ0) is 21.0. The highest BCUT2D eigenvalue weighted by molar-refractivity contribution is 5.92. The maximum absolute atomic E-state index is 14.4. The normalized spacial score (nSPS) is 12.9. The molecule has 1 aromatic heterocycles. The summed E-state index contributed by atoms with van der Waals surface area (Å²) in [6.07, 6.45) is 6.60. The number of hydrogen-bond acceptors (Lipinski definition) is 2. The molecule has 150 valence electrons. The van der Waals surface area contributed by atoms with Gasteiger partial charge in [-0.3, -0.25) is 4.79 Å². The fraction of sp³-hybridized carbons (Fsp3) is 0.250. The molecule has 1 amide bonds. The van der Waals surface area contributed by atoms with Crippen molar-refractivity contribution < 1.29 is 9.18 Å². The Balaban J connectivity index is 1.80. The molecule has 0 radical (unpaired) electrons. The van der Waals surface area contributed by atoms with E-state index in [4.69, 9.17) is 0 Å². The van der Waals surface area contributed by atoms with Crippen LogP contribution in [0.4, 0.5) is 4.39 Å². The van der Waals surface area contributed by atoms with E-state index in [1.165, 1.54) is 17.7 Å². The van der Waals surface area contributed by atoms with Gasteiger partial charge in [0.2, 0.25) is 5.91 Å². The Kier molecular flexibility index (Phi) is 5.97. The Morgan fingerprint density at radius 1 is 1.14 bits per heavy atom. The molecule has 4 nitrogen and oxygen atoms in total. The zero-order valence-electron chi connectivity index (χ0n) is 17.2. The van der Waals surface area contributed by atoms with E-state index in [2.05, 4.69) is 43.2 Å². The van der Waals surface area contributed by atoms with Gasteiger partial charge in [0.25, 0.3) is 0 Å². The SMILES string of the molecule is Cn1ccnc1[C@H](NC(=O)/C=C/c1ccc(C(C)(C)C)cc1)c1ccccc1F. The van der Waals surface area contributed by atoms with E-state index >= 15 is 0 Å². The molecule has 0 saturated carbocycles. The van der Waals surface area contributed by atoms with Crippen molar-refractivity contribution in [3.05, 3.63) is 95.3 Å². The van der Waals surface area contributed by atoms with Gasteiger partial charge in [-0.2, -0.15) is 0 Å². The molecule has 0 bridgehead atoms. The number of imidazole rings is 1. The van der Waals surface area contributed by atoms with E-state index in [9.17, 15) is 9.18 Å². The fourth-order valence-corrected chi connectivity index (χ4v) is 3.10. The lowest BCUT2D eigenvalue weighted by Crippen LogP contribution is -2.30. The van der Waals surface area contributed by atoms with Gasteiger partial charge in [0.05, 0.1) is 0 Å². The predicted octanol–water partition coefficient (Wildman–Crippen LogP) is 4.78. The number of amides is 1. The summed E-state index contributed by atoms with van der Waals surface area (Å²) in [5.41, 5.74) is 2.61. The van der Waals surface area contributed by atoms with Gasteiger partial charge >= 0.3 is 0 Å². The molecule has 1 heterocycles. The summed E-state index contributed by atoms with van der Waals surface area (Å²) >= 11 is 0. The van der Waals surface area contributed by atoms with Crippen LogP contribution in [-0.4, -0.2) is 15.5 Å². The minimum Gasteiger partial charge on any atom is -0.338 e. The quantitative estimate of drug-likeness (QED) is 0.637. The first-order chi connectivity index (χ1) is 13.8. The van der Waals surface area contributed by atoms with Crippen LogP contribution < -0.4 is 5.32 Å². The summed E-state index contributed by atoms with van der Waals surface area (Å²) in [4.78, 5) is 16.9. The molecule has 1 N–H and O–H groups in total. The van der Waals surface area contributed by atoms with E-state index in [-0.39, 0.29) is 17.1 Å². The average Bonchev–Trinajstić information content (AvgIpc) is 3.10. The van der Waals surface area contributed by atoms with Crippen LogP contribution in [0.1, 0.15) is 49.3 Å². The van der Waals surface area contributed by atoms with Crippen molar-refractivity contribution in [2.75, 3.05) is 0 Å². The third kappa shape index (κ3) is 4.99. The van der Waals surface area contributed by atoms with Crippen molar-refractivity contribution in [3.63, 3.8) is 0 Å². The first-order valence-corrected chi connectivity index (χ1v) is 9.56. The van der Waals surface area contributed by atoms with Crippen LogP contribution in [0, 0.1) is 5.82 Å². The smallest absolute Gasteiger partial charge is 0.244 e. The van der Waals surface area contributed by atoms with Gasteiger partial charge in [0.15, 0.2) is 0 Å². The number of aromatic nitrogens is 2. The number of nitrogens with zero attached hydrogens (tertiary/aromatic N) is 2. The van der Waals surface area contributed by atoms with Gasteiger partial charge in [-0.05, 0) is 28.7 Å². The van der Waals surface area contributed by atoms with Crippen molar-refractivity contribution in [1.82, 2.24) is 14.9 Å². The Hall–Kier alpha value is -3.21. The van der Waals surface area contributed by atoms with Crippen LogP contribution in [0.5, 0.6) is 0 Å². The molecule has 0 aliphatic heterocycles. The lowest BCUT2D eigenvalue weighted by molar-refractivity contribution is -0.117. The maximum Gasteiger partial charge on any atom is 0.244 e. The van der Waals surface area contributed by atoms with Crippen molar-refractivity contribution in [3.8, 4) is 0 Å². The van der Waals surface area contributed by atoms with Crippen LogP contribution in [0.3, 0.4) is 0 Å². The molecular formula is C24H26FN3O. The lowest BCUT2D eigenvalue weighted by Gasteiger charge is -2.19. The molecule has 0 aliphatic rings. The molecule has 0 aliphatic carbocycles. The molecule has 2 aromatic carbocycles. The Labute approximate surface area is 171 Å². The molecular weight excluding hydrogens is 365 g/mol. The molecule has 3 rings (SSSR count). The molecule has 1 atom stereocenters. The Bertz CT molecular complexity index is 1010. The summed E-state index contributed by atoms with van der Waals surface area (Å²) in [5, 5.41) is 2.87. The van der Waals surface area contributed by atoms with Crippen molar-refractivity contribution in [1.29, 1.82) is 0 Å². The molecule has 5 heteroatoms. The second-order valence-corrected chi connectivity index (χ2v) is 8.06.